The molecule has 3 rings (SSSR count). The molecule has 0 heterocycles. The van der Waals surface area contributed by atoms with Gasteiger partial charge in [-0.1, -0.05) is 48.5 Å². The molecule has 0 bridgehead atoms. The Kier molecular flexibility index (Phi) is 5.88. The number of rotatable bonds is 7. The summed E-state index contributed by atoms with van der Waals surface area (Å²) in [6.45, 7) is 2.80. The first-order chi connectivity index (χ1) is 12.7. The third-order valence-corrected chi connectivity index (χ3v) is 3.98. The molecule has 0 spiro atoms. The Morgan fingerprint density at radius 1 is 0.885 bits per heavy atom. The number of anilines is 2. The number of aryl methyl sites for hydroxylation is 1. The number of hydrogen-bond donors (Lipinski definition) is 2. The molecule has 0 aliphatic heterocycles. The fraction of sp³-hybridized carbons (Fsp3) is 0.136. The van der Waals surface area contributed by atoms with E-state index in [0.29, 0.717) is 5.75 Å². The number of carbonyl (C=O) groups excluding carboxylic acids is 1. The van der Waals surface area contributed by atoms with Crippen LogP contribution in [0.15, 0.2) is 78.9 Å². The molecule has 0 radical (unpaired) electrons. The van der Waals surface area contributed by atoms with E-state index in [0.717, 1.165) is 23.5 Å². The number of carbonyl (C=O) groups is 1. The topological polar surface area (TPSA) is 50.4 Å². The van der Waals surface area contributed by atoms with Gasteiger partial charge in [-0.15, -0.1) is 0 Å². The summed E-state index contributed by atoms with van der Waals surface area (Å²) in [5.74, 6) is 0.495. The van der Waals surface area contributed by atoms with E-state index in [1.165, 1.54) is 5.56 Å². The fourth-order valence-electron chi connectivity index (χ4n) is 2.54. The van der Waals surface area contributed by atoms with Gasteiger partial charge in [0.2, 0.25) is 0 Å². The van der Waals surface area contributed by atoms with E-state index in [2.05, 4.69) is 29.7 Å². The minimum absolute atomic E-state index is 0.0182. The van der Waals surface area contributed by atoms with Crippen molar-refractivity contribution in [1.82, 2.24) is 0 Å². The highest BCUT2D eigenvalue weighted by Gasteiger charge is 2.04. The zero-order valence-electron chi connectivity index (χ0n) is 14.7. The molecule has 3 aromatic rings. The van der Waals surface area contributed by atoms with E-state index in [1.807, 2.05) is 66.7 Å². The van der Waals surface area contributed by atoms with Gasteiger partial charge >= 0.3 is 0 Å². The van der Waals surface area contributed by atoms with Gasteiger partial charge in [-0.05, 0) is 48.4 Å². The zero-order valence-corrected chi connectivity index (χ0v) is 14.7. The van der Waals surface area contributed by atoms with Gasteiger partial charge < -0.3 is 15.4 Å². The lowest BCUT2D eigenvalue weighted by molar-refractivity contribution is -0.118. The average Bonchev–Trinajstić information content (AvgIpc) is 2.67. The molecule has 3 aromatic carbocycles. The Morgan fingerprint density at radius 3 is 2.31 bits per heavy atom. The highest BCUT2D eigenvalue weighted by Crippen LogP contribution is 2.17. The monoisotopic (exact) mass is 346 g/mol. The molecule has 26 heavy (non-hydrogen) atoms. The number of hydrogen-bond acceptors (Lipinski definition) is 3. The van der Waals surface area contributed by atoms with Gasteiger partial charge in [0.05, 0.1) is 0 Å². The molecule has 132 valence electrons. The van der Waals surface area contributed by atoms with Crippen molar-refractivity contribution in [3.8, 4) is 5.75 Å². The maximum atomic E-state index is 11.9. The lowest BCUT2D eigenvalue weighted by Crippen LogP contribution is -2.20. The van der Waals surface area contributed by atoms with Crippen molar-refractivity contribution in [2.75, 3.05) is 17.2 Å². The predicted octanol–water partition coefficient (Wildman–Crippen LogP) is 4.62. The summed E-state index contributed by atoms with van der Waals surface area (Å²) >= 11 is 0. The smallest absolute Gasteiger partial charge is 0.262 e. The molecule has 0 saturated heterocycles. The second-order valence-corrected chi connectivity index (χ2v) is 6.02. The first-order valence-electron chi connectivity index (χ1n) is 8.57. The van der Waals surface area contributed by atoms with Crippen molar-refractivity contribution >= 4 is 17.3 Å². The minimum Gasteiger partial charge on any atom is -0.484 e. The molecular formula is C22H22N2O2. The third kappa shape index (κ3) is 5.11. The van der Waals surface area contributed by atoms with Crippen molar-refractivity contribution in [3.05, 3.63) is 90.0 Å². The van der Waals surface area contributed by atoms with Gasteiger partial charge in [0, 0.05) is 17.9 Å². The summed E-state index contributed by atoms with van der Waals surface area (Å²) in [6.07, 6.45) is 0. The lowest BCUT2D eigenvalue weighted by Gasteiger charge is -2.10. The molecule has 4 nitrogen and oxygen atoms in total. The standard InChI is InChI=1S/C22H22N2O2/c1-17-7-5-6-10-21(17)23-15-18-11-13-20(14-12-18)26-16-22(25)24-19-8-3-2-4-9-19/h2-14,23H,15-16H2,1H3,(H,24,25). The van der Waals surface area contributed by atoms with Crippen LogP contribution in [-0.2, 0) is 11.3 Å². The summed E-state index contributed by atoms with van der Waals surface area (Å²) in [6, 6.07) is 25.3. The number of benzene rings is 3. The van der Waals surface area contributed by atoms with Crippen molar-refractivity contribution < 1.29 is 9.53 Å². The summed E-state index contributed by atoms with van der Waals surface area (Å²) < 4.78 is 5.54. The SMILES string of the molecule is Cc1ccccc1NCc1ccc(OCC(=O)Nc2ccccc2)cc1. The summed E-state index contributed by atoms with van der Waals surface area (Å²) in [7, 11) is 0. The number of para-hydroxylation sites is 2. The van der Waals surface area contributed by atoms with E-state index < -0.39 is 0 Å². The van der Waals surface area contributed by atoms with Crippen LogP contribution in [0.4, 0.5) is 11.4 Å². The van der Waals surface area contributed by atoms with Gasteiger partial charge in [0.25, 0.3) is 5.91 Å². The molecule has 0 unspecified atom stereocenters. The van der Waals surface area contributed by atoms with Crippen LogP contribution in [0.5, 0.6) is 5.75 Å². The van der Waals surface area contributed by atoms with Crippen LogP contribution in [0, 0.1) is 6.92 Å². The Labute approximate surface area is 153 Å². The van der Waals surface area contributed by atoms with E-state index in [9.17, 15) is 4.79 Å². The Morgan fingerprint density at radius 2 is 1.58 bits per heavy atom. The Bertz CT molecular complexity index is 846. The van der Waals surface area contributed by atoms with E-state index in [1.54, 1.807) is 0 Å². The fourth-order valence-corrected chi connectivity index (χ4v) is 2.54. The number of nitrogens with one attached hydrogen (secondary N) is 2. The van der Waals surface area contributed by atoms with Crippen LogP contribution in [-0.4, -0.2) is 12.5 Å². The van der Waals surface area contributed by atoms with Crippen LogP contribution in [0.3, 0.4) is 0 Å². The molecular weight excluding hydrogens is 324 g/mol. The van der Waals surface area contributed by atoms with Crippen molar-refractivity contribution in [2.24, 2.45) is 0 Å². The van der Waals surface area contributed by atoms with E-state index in [-0.39, 0.29) is 12.5 Å². The molecule has 0 aliphatic carbocycles. The highest BCUT2D eigenvalue weighted by atomic mass is 16.5. The normalized spacial score (nSPS) is 10.2. The van der Waals surface area contributed by atoms with Crippen LogP contribution in [0.25, 0.3) is 0 Å². The summed E-state index contributed by atoms with van der Waals surface area (Å²) in [5, 5.41) is 6.21. The van der Waals surface area contributed by atoms with Gasteiger partial charge in [-0.2, -0.15) is 0 Å². The molecule has 0 fully saturated rings. The van der Waals surface area contributed by atoms with Gasteiger partial charge in [0.1, 0.15) is 5.75 Å². The lowest BCUT2D eigenvalue weighted by atomic mass is 10.1. The quantitative estimate of drug-likeness (QED) is 0.656. The van der Waals surface area contributed by atoms with Crippen LogP contribution in [0.1, 0.15) is 11.1 Å². The average molecular weight is 346 g/mol. The second-order valence-electron chi connectivity index (χ2n) is 6.02. The second kappa shape index (κ2) is 8.72. The van der Waals surface area contributed by atoms with Crippen LogP contribution >= 0.6 is 0 Å². The molecule has 0 aliphatic rings. The Hall–Kier alpha value is -3.27. The zero-order chi connectivity index (χ0) is 18.2. The predicted molar refractivity (Wildman–Crippen MR) is 106 cm³/mol. The highest BCUT2D eigenvalue weighted by molar-refractivity contribution is 5.91. The van der Waals surface area contributed by atoms with E-state index in [4.69, 9.17) is 4.74 Å². The molecule has 0 saturated carbocycles. The first-order valence-corrected chi connectivity index (χ1v) is 8.57. The third-order valence-electron chi connectivity index (χ3n) is 3.98. The molecule has 4 heteroatoms. The van der Waals surface area contributed by atoms with Gasteiger partial charge in [-0.3, -0.25) is 4.79 Å². The van der Waals surface area contributed by atoms with Crippen molar-refractivity contribution in [1.29, 1.82) is 0 Å². The molecule has 1 amide bonds. The largest absolute Gasteiger partial charge is 0.484 e. The van der Waals surface area contributed by atoms with Gasteiger partial charge in [-0.25, -0.2) is 0 Å². The minimum atomic E-state index is -0.179. The Balaban J connectivity index is 1.47. The molecule has 0 aromatic heterocycles. The van der Waals surface area contributed by atoms with E-state index >= 15 is 0 Å². The summed E-state index contributed by atoms with van der Waals surface area (Å²) in [4.78, 5) is 11.9. The molecule has 0 atom stereocenters. The van der Waals surface area contributed by atoms with Crippen LogP contribution < -0.4 is 15.4 Å². The van der Waals surface area contributed by atoms with Gasteiger partial charge in [0.15, 0.2) is 6.61 Å². The maximum Gasteiger partial charge on any atom is 0.262 e. The van der Waals surface area contributed by atoms with Crippen molar-refractivity contribution in [3.63, 3.8) is 0 Å². The van der Waals surface area contributed by atoms with Crippen molar-refractivity contribution in [2.45, 2.75) is 13.5 Å². The number of amides is 1. The first kappa shape index (κ1) is 17.5. The maximum absolute atomic E-state index is 11.9. The molecule has 2 N–H and O–H groups in total. The number of ether oxygens (including phenoxy) is 1. The summed E-state index contributed by atoms with van der Waals surface area (Å²) in [5.41, 5.74) is 4.26. The van der Waals surface area contributed by atoms with Crippen LogP contribution in [0.2, 0.25) is 0 Å².